The second-order valence-electron chi connectivity index (χ2n) is 5.62. The van der Waals surface area contributed by atoms with Gasteiger partial charge in [-0.15, -0.1) is 0 Å². The highest BCUT2D eigenvalue weighted by atomic mass is 16.4. The summed E-state index contributed by atoms with van der Waals surface area (Å²) >= 11 is 0. The van der Waals surface area contributed by atoms with Crippen LogP contribution in [0.3, 0.4) is 0 Å². The standard InChI is InChI=1S/C13H22N2O3/c1-9(7-10-4-5-10)14-13(18)15-6-2-3-11(15)8-12(16)17/h9-11H,2-8H2,1H3,(H,14,18)(H,16,17). The number of amides is 2. The van der Waals surface area contributed by atoms with Crippen LogP contribution in [0.15, 0.2) is 0 Å². The minimum absolute atomic E-state index is 0.0599. The lowest BCUT2D eigenvalue weighted by atomic mass is 10.1. The van der Waals surface area contributed by atoms with Crippen molar-refractivity contribution in [2.75, 3.05) is 6.54 Å². The van der Waals surface area contributed by atoms with Crippen molar-refractivity contribution in [1.29, 1.82) is 0 Å². The highest BCUT2D eigenvalue weighted by Crippen LogP contribution is 2.33. The van der Waals surface area contributed by atoms with E-state index in [1.807, 2.05) is 6.92 Å². The Bertz CT molecular complexity index is 328. The molecule has 2 rings (SSSR count). The maximum atomic E-state index is 12.1. The Morgan fingerprint density at radius 3 is 2.72 bits per heavy atom. The fraction of sp³-hybridized carbons (Fsp3) is 0.846. The lowest BCUT2D eigenvalue weighted by molar-refractivity contribution is -0.137. The minimum atomic E-state index is -0.828. The van der Waals surface area contributed by atoms with E-state index in [1.54, 1.807) is 4.90 Å². The molecule has 5 nitrogen and oxygen atoms in total. The maximum absolute atomic E-state index is 12.1. The third kappa shape index (κ3) is 3.62. The minimum Gasteiger partial charge on any atom is -0.481 e. The van der Waals surface area contributed by atoms with Gasteiger partial charge in [0.1, 0.15) is 0 Å². The van der Waals surface area contributed by atoms with Crippen molar-refractivity contribution in [1.82, 2.24) is 10.2 Å². The molecule has 2 N–H and O–H groups in total. The van der Waals surface area contributed by atoms with E-state index in [-0.39, 0.29) is 24.5 Å². The zero-order chi connectivity index (χ0) is 13.1. The van der Waals surface area contributed by atoms with Gasteiger partial charge in [0, 0.05) is 18.6 Å². The summed E-state index contributed by atoms with van der Waals surface area (Å²) in [5.41, 5.74) is 0. The number of urea groups is 1. The fourth-order valence-electron chi connectivity index (χ4n) is 2.72. The molecule has 1 aliphatic carbocycles. The van der Waals surface area contributed by atoms with Crippen LogP contribution in [-0.2, 0) is 4.79 Å². The topological polar surface area (TPSA) is 69.6 Å². The molecule has 102 valence electrons. The van der Waals surface area contributed by atoms with Crippen LogP contribution in [0, 0.1) is 5.92 Å². The number of carboxylic acids is 1. The van der Waals surface area contributed by atoms with Gasteiger partial charge in [-0.1, -0.05) is 12.8 Å². The molecule has 2 unspecified atom stereocenters. The second-order valence-corrected chi connectivity index (χ2v) is 5.62. The van der Waals surface area contributed by atoms with Crippen molar-refractivity contribution < 1.29 is 14.7 Å². The van der Waals surface area contributed by atoms with E-state index in [2.05, 4.69) is 5.32 Å². The number of hydrogen-bond acceptors (Lipinski definition) is 2. The predicted molar refractivity (Wildman–Crippen MR) is 67.3 cm³/mol. The van der Waals surface area contributed by atoms with Gasteiger partial charge < -0.3 is 15.3 Å². The van der Waals surface area contributed by atoms with Gasteiger partial charge >= 0.3 is 12.0 Å². The summed E-state index contributed by atoms with van der Waals surface area (Å²) in [5, 5.41) is 11.8. The molecule has 0 aromatic rings. The molecule has 1 saturated carbocycles. The molecule has 2 aliphatic rings. The van der Waals surface area contributed by atoms with Crippen molar-refractivity contribution in [2.24, 2.45) is 5.92 Å². The van der Waals surface area contributed by atoms with E-state index < -0.39 is 5.97 Å². The van der Waals surface area contributed by atoms with Gasteiger partial charge in [-0.2, -0.15) is 0 Å². The first-order valence-corrected chi connectivity index (χ1v) is 6.85. The van der Waals surface area contributed by atoms with Crippen LogP contribution in [0.5, 0.6) is 0 Å². The van der Waals surface area contributed by atoms with Crippen LogP contribution in [0.1, 0.15) is 45.4 Å². The second kappa shape index (κ2) is 5.59. The van der Waals surface area contributed by atoms with E-state index in [4.69, 9.17) is 5.11 Å². The molecule has 0 bridgehead atoms. The first-order chi connectivity index (χ1) is 8.56. The number of carbonyl (C=O) groups is 2. The van der Waals surface area contributed by atoms with Gasteiger partial charge in [0.05, 0.1) is 6.42 Å². The van der Waals surface area contributed by atoms with Crippen molar-refractivity contribution >= 4 is 12.0 Å². The number of likely N-dealkylation sites (tertiary alicyclic amines) is 1. The molecule has 0 aromatic heterocycles. The largest absolute Gasteiger partial charge is 0.481 e. The third-order valence-electron chi connectivity index (χ3n) is 3.80. The van der Waals surface area contributed by atoms with Gasteiger partial charge in [0.25, 0.3) is 0 Å². The van der Waals surface area contributed by atoms with E-state index in [0.29, 0.717) is 6.54 Å². The van der Waals surface area contributed by atoms with Gasteiger partial charge in [-0.3, -0.25) is 4.79 Å². The summed E-state index contributed by atoms with van der Waals surface area (Å²) in [6.45, 7) is 2.71. The van der Waals surface area contributed by atoms with E-state index in [0.717, 1.165) is 25.2 Å². The van der Waals surface area contributed by atoms with E-state index in [1.165, 1.54) is 12.8 Å². The SMILES string of the molecule is CC(CC1CC1)NC(=O)N1CCCC1CC(=O)O. The van der Waals surface area contributed by atoms with E-state index in [9.17, 15) is 9.59 Å². The Morgan fingerprint density at radius 1 is 1.39 bits per heavy atom. The molecule has 2 amide bonds. The number of nitrogens with one attached hydrogen (secondary N) is 1. The number of carboxylic acid groups (broad SMARTS) is 1. The molecule has 2 fully saturated rings. The molecule has 5 heteroatoms. The quantitative estimate of drug-likeness (QED) is 0.786. The van der Waals surface area contributed by atoms with Crippen LogP contribution >= 0.6 is 0 Å². The maximum Gasteiger partial charge on any atom is 0.317 e. The lowest BCUT2D eigenvalue weighted by Gasteiger charge is -2.26. The van der Waals surface area contributed by atoms with E-state index >= 15 is 0 Å². The van der Waals surface area contributed by atoms with Gasteiger partial charge in [0.2, 0.25) is 0 Å². The zero-order valence-electron chi connectivity index (χ0n) is 10.9. The molecule has 1 aliphatic heterocycles. The number of aliphatic carboxylic acids is 1. The number of rotatable bonds is 5. The molecular weight excluding hydrogens is 232 g/mol. The Hall–Kier alpha value is -1.26. The van der Waals surface area contributed by atoms with Crippen LogP contribution in [0.25, 0.3) is 0 Å². The monoisotopic (exact) mass is 254 g/mol. The number of carbonyl (C=O) groups excluding carboxylic acids is 1. The summed E-state index contributed by atoms with van der Waals surface area (Å²) in [6, 6.07) is -0.0291. The zero-order valence-corrected chi connectivity index (χ0v) is 10.9. The van der Waals surface area contributed by atoms with Crippen molar-refractivity contribution in [2.45, 2.75) is 57.5 Å². The first kappa shape index (κ1) is 13.2. The van der Waals surface area contributed by atoms with Crippen molar-refractivity contribution in [3.05, 3.63) is 0 Å². The van der Waals surface area contributed by atoms with Gasteiger partial charge in [-0.25, -0.2) is 4.79 Å². The summed E-state index contributed by atoms with van der Waals surface area (Å²) < 4.78 is 0. The van der Waals surface area contributed by atoms with Crippen LogP contribution in [0.2, 0.25) is 0 Å². The fourth-order valence-corrected chi connectivity index (χ4v) is 2.72. The Morgan fingerprint density at radius 2 is 2.11 bits per heavy atom. The summed E-state index contributed by atoms with van der Waals surface area (Å²) in [4.78, 5) is 24.5. The van der Waals surface area contributed by atoms with Gasteiger partial charge in [0.15, 0.2) is 0 Å². The van der Waals surface area contributed by atoms with Crippen LogP contribution in [0.4, 0.5) is 4.79 Å². The third-order valence-corrected chi connectivity index (χ3v) is 3.80. The Kier molecular flexibility index (Phi) is 4.09. The van der Waals surface area contributed by atoms with Crippen molar-refractivity contribution in [3.63, 3.8) is 0 Å². The molecule has 0 spiro atoms. The molecule has 1 heterocycles. The first-order valence-electron chi connectivity index (χ1n) is 6.85. The lowest BCUT2D eigenvalue weighted by Crippen LogP contribution is -2.46. The highest BCUT2D eigenvalue weighted by Gasteiger charge is 2.31. The number of nitrogens with zero attached hydrogens (tertiary/aromatic N) is 1. The normalized spacial score (nSPS) is 24.9. The highest BCUT2D eigenvalue weighted by molar-refractivity contribution is 5.76. The molecule has 0 aromatic carbocycles. The molecular formula is C13H22N2O3. The summed E-state index contributed by atoms with van der Waals surface area (Å²) in [5.74, 6) is -0.0422. The van der Waals surface area contributed by atoms with Crippen LogP contribution < -0.4 is 5.32 Å². The van der Waals surface area contributed by atoms with Crippen LogP contribution in [-0.4, -0.2) is 40.6 Å². The van der Waals surface area contributed by atoms with Gasteiger partial charge in [-0.05, 0) is 32.1 Å². The molecule has 0 radical (unpaired) electrons. The summed E-state index contributed by atoms with van der Waals surface area (Å²) in [6.07, 6.45) is 5.38. The number of hydrogen-bond donors (Lipinski definition) is 2. The molecule has 2 atom stereocenters. The van der Waals surface area contributed by atoms with Crippen molar-refractivity contribution in [3.8, 4) is 0 Å². The molecule has 18 heavy (non-hydrogen) atoms. The average molecular weight is 254 g/mol. The average Bonchev–Trinajstić information content (AvgIpc) is 2.94. The summed E-state index contributed by atoms with van der Waals surface area (Å²) in [7, 11) is 0. The molecule has 1 saturated heterocycles. The smallest absolute Gasteiger partial charge is 0.317 e. The Balaban J connectivity index is 1.80. The Labute approximate surface area is 108 Å². The predicted octanol–water partition coefficient (Wildman–Crippen LogP) is 1.82.